The maximum atomic E-state index is 13.5. The van der Waals surface area contributed by atoms with Gasteiger partial charge in [-0.2, -0.15) is 0 Å². The minimum atomic E-state index is -3.08. The van der Waals surface area contributed by atoms with Crippen molar-refractivity contribution in [2.45, 2.75) is 420 Å². The van der Waals surface area contributed by atoms with E-state index in [0.717, 1.165) is 71.1 Å². The van der Waals surface area contributed by atoms with Gasteiger partial charge >= 0.3 is 5.97 Å². The lowest BCUT2D eigenvalue weighted by Crippen LogP contribution is -2.70. The van der Waals surface area contributed by atoms with Crippen LogP contribution in [0.15, 0.2) is 24.3 Å². The molecule has 23 nitrogen and oxygen atoms in total. The monoisotopic (exact) mass is 1430 g/mol. The van der Waals surface area contributed by atoms with Gasteiger partial charge in [0, 0.05) is 19.8 Å². The second kappa shape index (κ2) is 56.5. The molecule has 2 amide bonds. The molecule has 0 aromatic rings. The molecule has 3 saturated heterocycles. The Morgan fingerprint density at radius 2 is 0.960 bits per heavy atom. The van der Waals surface area contributed by atoms with E-state index in [-0.39, 0.29) is 18.9 Å². The second-order valence-corrected chi connectivity index (χ2v) is 28.9. The molecular formula is C77H142N2O21. The third kappa shape index (κ3) is 37.0. The van der Waals surface area contributed by atoms with Crippen molar-refractivity contribution < 1.29 is 104 Å². The first-order chi connectivity index (χ1) is 48.4. The molecule has 100 heavy (non-hydrogen) atoms. The number of allylic oxidation sites excluding steroid dienone is 4. The lowest BCUT2D eigenvalue weighted by molar-refractivity contribution is -0.386. The summed E-state index contributed by atoms with van der Waals surface area (Å²) in [5, 5.41) is 136. The smallest absolute Gasteiger partial charge is 0.364 e. The molecular weight excluding hydrogens is 1290 g/mol. The average molecular weight is 1430 g/mol. The molecule has 0 bridgehead atoms. The minimum absolute atomic E-state index is 0.223. The van der Waals surface area contributed by atoms with Crippen LogP contribution in [0.1, 0.15) is 310 Å². The van der Waals surface area contributed by atoms with E-state index in [9.17, 15) is 75.7 Å². The van der Waals surface area contributed by atoms with Crippen LogP contribution >= 0.6 is 0 Å². The first kappa shape index (κ1) is 91.4. The third-order valence-corrected chi connectivity index (χ3v) is 20.2. The number of ether oxygens (including phenoxy) is 6. The molecule has 0 aromatic carbocycles. The summed E-state index contributed by atoms with van der Waals surface area (Å²) >= 11 is 0. The number of hydrogen-bond acceptors (Lipinski definition) is 20. The van der Waals surface area contributed by atoms with Gasteiger partial charge in [-0.1, -0.05) is 269 Å². The quantitative estimate of drug-likeness (QED) is 0.0199. The van der Waals surface area contributed by atoms with Gasteiger partial charge in [-0.15, -0.1) is 0 Å². The van der Waals surface area contributed by atoms with Crippen molar-refractivity contribution in [1.29, 1.82) is 0 Å². The van der Waals surface area contributed by atoms with Crippen LogP contribution in [0.3, 0.4) is 0 Å². The van der Waals surface area contributed by atoms with Crippen LogP contribution in [0, 0.1) is 0 Å². The zero-order chi connectivity index (χ0) is 73.2. The molecule has 0 saturated carbocycles. The summed E-state index contributed by atoms with van der Waals surface area (Å²) in [7, 11) is 0. The molecule has 0 aliphatic carbocycles. The molecule has 586 valence electrons. The number of aliphatic hydroxyl groups is 11. The van der Waals surface area contributed by atoms with E-state index >= 15 is 0 Å². The highest BCUT2D eigenvalue weighted by Crippen LogP contribution is 2.39. The normalized spacial score (nSPS) is 27.0. The molecule has 18 unspecified atom stereocenters. The number of nitrogens with one attached hydrogen (secondary N) is 2. The summed E-state index contributed by atoms with van der Waals surface area (Å²) in [5.74, 6) is -6.10. The predicted molar refractivity (Wildman–Crippen MR) is 385 cm³/mol. The highest BCUT2D eigenvalue weighted by molar-refractivity contribution is 5.77. The maximum absolute atomic E-state index is 13.5. The fourth-order valence-electron chi connectivity index (χ4n) is 13.9. The van der Waals surface area contributed by atoms with Crippen molar-refractivity contribution in [3.8, 4) is 0 Å². The molecule has 0 spiro atoms. The van der Waals surface area contributed by atoms with E-state index in [1.54, 1.807) is 0 Å². The summed E-state index contributed by atoms with van der Waals surface area (Å²) in [6.07, 6.45) is 31.7. The number of unbranched alkanes of at least 4 members (excludes halogenated alkanes) is 38. The Kier molecular flexibility index (Phi) is 51.7. The zero-order valence-electron chi connectivity index (χ0n) is 61.8. The van der Waals surface area contributed by atoms with E-state index in [0.29, 0.717) is 19.3 Å². The first-order valence-electron chi connectivity index (χ1n) is 39.7. The molecule has 3 fully saturated rings. The summed E-state index contributed by atoms with van der Waals surface area (Å²) in [5.41, 5.74) is 0. The fourth-order valence-corrected chi connectivity index (χ4v) is 13.9. The summed E-state index contributed by atoms with van der Waals surface area (Å²) < 4.78 is 34.9. The number of carboxylic acid groups (broad SMARTS) is 1. The van der Waals surface area contributed by atoms with Gasteiger partial charge in [-0.3, -0.25) is 9.59 Å². The Morgan fingerprint density at radius 3 is 1.40 bits per heavy atom. The molecule has 3 aliphatic heterocycles. The lowest BCUT2D eigenvalue weighted by atomic mass is 9.88. The molecule has 0 radical (unpaired) electrons. The number of amides is 2. The fraction of sp³-hybridized carbons (Fsp3) is 0.909. The van der Waals surface area contributed by atoms with Crippen molar-refractivity contribution in [3.63, 3.8) is 0 Å². The summed E-state index contributed by atoms with van der Waals surface area (Å²) in [4.78, 5) is 38.7. The van der Waals surface area contributed by atoms with Crippen LogP contribution in [0.5, 0.6) is 0 Å². The van der Waals surface area contributed by atoms with Gasteiger partial charge in [-0.05, 0) is 44.9 Å². The third-order valence-electron chi connectivity index (χ3n) is 20.2. The highest BCUT2D eigenvalue weighted by Gasteiger charge is 2.60. The van der Waals surface area contributed by atoms with Gasteiger partial charge in [0.25, 0.3) is 5.79 Å². The van der Waals surface area contributed by atoms with E-state index in [1.165, 1.54) is 193 Å². The van der Waals surface area contributed by atoms with Gasteiger partial charge in [0.05, 0.1) is 50.7 Å². The second-order valence-electron chi connectivity index (χ2n) is 28.9. The standard InChI is InChI=1S/C77H142N2O21/c1-4-6-8-10-12-14-16-18-20-22-23-24-25-26-27-28-29-30-31-32-33-35-37-39-41-43-45-47-49-51-64(87)79-58(59(84)50-48-46-44-42-40-38-36-34-21-19-17-15-13-11-9-7-5-2)56-95-74-69(91)68(90)71(63(55-82)97-74)98-75-70(92)73(67(89)62(54-81)96-75)100-77(76(93)94)52-60(85)65(78-57(3)83)72(99-77)66(88)61(86)53-80/h23-24,26-27,58-63,65-75,80-82,84-86,88-92H,4-22,25,28-56H2,1-3H3,(H,78,83)(H,79,87)(H,93,94)/b24-23-,27-26-. The van der Waals surface area contributed by atoms with E-state index in [2.05, 4.69) is 48.8 Å². The zero-order valence-corrected chi connectivity index (χ0v) is 61.8. The van der Waals surface area contributed by atoms with Gasteiger partial charge in [-0.25, -0.2) is 4.79 Å². The first-order valence-corrected chi connectivity index (χ1v) is 39.7. The van der Waals surface area contributed by atoms with Crippen LogP contribution in [0.2, 0.25) is 0 Å². The number of carbonyl (C=O) groups is 3. The number of carboxylic acids is 1. The molecule has 14 N–H and O–H groups in total. The summed E-state index contributed by atoms with van der Waals surface area (Å²) in [6, 6.07) is -2.53. The Bertz CT molecular complexity index is 2100. The molecule has 3 rings (SSSR count). The Hall–Kier alpha value is -2.79. The average Bonchev–Trinajstić information content (AvgIpc) is 0.755. The van der Waals surface area contributed by atoms with Gasteiger partial charge in [0.15, 0.2) is 12.6 Å². The van der Waals surface area contributed by atoms with Crippen molar-refractivity contribution in [1.82, 2.24) is 10.6 Å². The van der Waals surface area contributed by atoms with Gasteiger partial charge in [0.1, 0.15) is 67.1 Å². The topological polar surface area (TPSA) is 373 Å². The Morgan fingerprint density at radius 1 is 0.520 bits per heavy atom. The lowest BCUT2D eigenvalue weighted by Gasteiger charge is -2.50. The maximum Gasteiger partial charge on any atom is 0.364 e. The van der Waals surface area contributed by atoms with Gasteiger partial charge < -0.3 is 100 Å². The molecule has 3 aliphatic rings. The summed E-state index contributed by atoms with van der Waals surface area (Å²) in [6.45, 7) is 2.24. The number of aliphatic hydroxyl groups excluding tert-OH is 11. The van der Waals surface area contributed by atoms with Crippen LogP contribution in [0.4, 0.5) is 0 Å². The van der Waals surface area contributed by atoms with Crippen LogP contribution in [0.25, 0.3) is 0 Å². The SMILES string of the molecule is CCCCCCCCCCC/C=C\C/C=C\CCCCCCCCCCCCCCCC(=O)NC(COC1OC(CO)C(OC2OC(CO)C(O)C(OC3(C(=O)O)CC(O)C(NC(C)=O)C(C(O)C(O)CO)O3)C2O)C(O)C1O)C(O)CCCCCCCCCCCCCCCCCCC. The van der Waals surface area contributed by atoms with Crippen molar-refractivity contribution >= 4 is 17.8 Å². The van der Waals surface area contributed by atoms with Gasteiger partial charge in [0.2, 0.25) is 11.8 Å². The van der Waals surface area contributed by atoms with Crippen molar-refractivity contribution in [2.75, 3.05) is 26.4 Å². The number of aliphatic carboxylic acids is 1. The predicted octanol–water partition coefficient (Wildman–Crippen LogP) is 9.96. The largest absolute Gasteiger partial charge is 0.477 e. The molecule has 3 heterocycles. The molecule has 18 atom stereocenters. The molecule has 23 heteroatoms. The Balaban J connectivity index is 1.50. The van der Waals surface area contributed by atoms with E-state index < -0.39 is 148 Å². The number of rotatable bonds is 62. The molecule has 0 aromatic heterocycles. The van der Waals surface area contributed by atoms with Crippen LogP contribution < -0.4 is 10.6 Å². The highest BCUT2D eigenvalue weighted by atomic mass is 16.8. The van der Waals surface area contributed by atoms with Crippen LogP contribution in [-0.4, -0.2) is 215 Å². The van der Waals surface area contributed by atoms with Crippen molar-refractivity contribution in [3.05, 3.63) is 24.3 Å². The van der Waals surface area contributed by atoms with Crippen LogP contribution in [-0.2, 0) is 42.8 Å². The number of hydrogen-bond donors (Lipinski definition) is 14. The number of carbonyl (C=O) groups excluding carboxylic acids is 2. The van der Waals surface area contributed by atoms with E-state index in [4.69, 9.17) is 28.4 Å². The van der Waals surface area contributed by atoms with E-state index in [1.807, 2.05) is 0 Å². The van der Waals surface area contributed by atoms with Crippen molar-refractivity contribution in [2.24, 2.45) is 0 Å². The Labute approximate surface area is 600 Å². The minimum Gasteiger partial charge on any atom is -0.477 e.